The molecule has 1 aromatic carbocycles. The van der Waals surface area contributed by atoms with E-state index >= 15 is 0 Å². The maximum absolute atomic E-state index is 12.2. The monoisotopic (exact) mass is 293 g/mol. The number of carboxylic acid groups (broad SMARTS) is 1. The lowest BCUT2D eigenvalue weighted by atomic mass is 10.1. The summed E-state index contributed by atoms with van der Waals surface area (Å²) in [6, 6.07) is 7.34. The van der Waals surface area contributed by atoms with E-state index in [-0.39, 0.29) is 25.0 Å². The lowest BCUT2D eigenvalue weighted by Gasteiger charge is -2.20. The van der Waals surface area contributed by atoms with Gasteiger partial charge in [-0.15, -0.1) is 0 Å². The second-order valence-electron chi connectivity index (χ2n) is 5.20. The number of carbonyl (C=O) groups is 2. The van der Waals surface area contributed by atoms with Crippen molar-refractivity contribution in [3.63, 3.8) is 0 Å². The number of rotatable bonds is 8. The highest BCUT2D eigenvalue weighted by Gasteiger charge is 2.16. The van der Waals surface area contributed by atoms with E-state index < -0.39 is 5.97 Å². The smallest absolute Gasteiger partial charge is 0.323 e. The Balaban J connectivity index is 2.73. The summed E-state index contributed by atoms with van der Waals surface area (Å²) in [6.07, 6.45) is 0.984. The van der Waals surface area contributed by atoms with Gasteiger partial charge in [0.15, 0.2) is 0 Å². The van der Waals surface area contributed by atoms with Crippen LogP contribution in [0.2, 0.25) is 0 Å². The summed E-state index contributed by atoms with van der Waals surface area (Å²) in [5.41, 5.74) is 0.824. The zero-order chi connectivity index (χ0) is 15.8. The number of hydrogen-bond acceptors (Lipinski definition) is 3. The van der Waals surface area contributed by atoms with Gasteiger partial charge < -0.3 is 14.7 Å². The molecule has 0 aromatic heterocycles. The number of aliphatic carboxylic acids is 1. The summed E-state index contributed by atoms with van der Waals surface area (Å²) in [7, 11) is 0. The molecule has 0 aliphatic heterocycles. The Hall–Kier alpha value is -2.04. The van der Waals surface area contributed by atoms with Crippen LogP contribution >= 0.6 is 0 Å². The van der Waals surface area contributed by atoms with Crippen LogP contribution < -0.4 is 4.74 Å². The summed E-state index contributed by atoms with van der Waals surface area (Å²) < 4.78 is 5.59. The lowest BCUT2D eigenvalue weighted by molar-refractivity contribution is -0.144. The Bertz CT molecular complexity index is 485. The molecule has 0 aliphatic rings. The van der Waals surface area contributed by atoms with Gasteiger partial charge in [0.1, 0.15) is 12.3 Å². The molecule has 1 N–H and O–H groups in total. The molecule has 5 heteroatoms. The van der Waals surface area contributed by atoms with Gasteiger partial charge in [-0.2, -0.15) is 0 Å². The fourth-order valence-electron chi connectivity index (χ4n) is 2.01. The summed E-state index contributed by atoms with van der Waals surface area (Å²) in [5, 5.41) is 8.85. The third-order valence-corrected chi connectivity index (χ3v) is 2.80. The van der Waals surface area contributed by atoms with Crippen molar-refractivity contribution in [3.8, 4) is 5.75 Å². The summed E-state index contributed by atoms with van der Waals surface area (Å²) >= 11 is 0. The Morgan fingerprint density at radius 2 is 2.05 bits per heavy atom. The van der Waals surface area contributed by atoms with Crippen molar-refractivity contribution in [2.75, 3.05) is 13.1 Å². The van der Waals surface area contributed by atoms with Gasteiger partial charge in [0.2, 0.25) is 5.91 Å². The van der Waals surface area contributed by atoms with Gasteiger partial charge in [-0.1, -0.05) is 19.1 Å². The highest BCUT2D eigenvalue weighted by Crippen LogP contribution is 2.16. The third-order valence-electron chi connectivity index (χ3n) is 2.80. The molecule has 0 radical (unpaired) electrons. The molecule has 0 atom stereocenters. The van der Waals surface area contributed by atoms with Gasteiger partial charge in [0.05, 0.1) is 12.5 Å². The number of carboxylic acids is 1. The number of hydrogen-bond donors (Lipinski definition) is 1. The van der Waals surface area contributed by atoms with E-state index in [4.69, 9.17) is 9.84 Å². The van der Waals surface area contributed by atoms with E-state index in [1.54, 1.807) is 0 Å². The minimum Gasteiger partial charge on any atom is -0.491 e. The topological polar surface area (TPSA) is 66.8 Å². The van der Waals surface area contributed by atoms with E-state index in [1.165, 1.54) is 4.90 Å². The van der Waals surface area contributed by atoms with Crippen molar-refractivity contribution in [2.45, 2.75) is 39.7 Å². The molecule has 1 aromatic rings. The maximum atomic E-state index is 12.2. The maximum Gasteiger partial charge on any atom is 0.323 e. The Morgan fingerprint density at radius 1 is 1.33 bits per heavy atom. The number of amides is 1. The zero-order valence-corrected chi connectivity index (χ0v) is 12.8. The fraction of sp³-hybridized carbons (Fsp3) is 0.500. The van der Waals surface area contributed by atoms with E-state index in [9.17, 15) is 9.59 Å². The quantitative estimate of drug-likeness (QED) is 0.799. The van der Waals surface area contributed by atoms with Gasteiger partial charge in [0.25, 0.3) is 0 Å². The Morgan fingerprint density at radius 3 is 2.62 bits per heavy atom. The van der Waals surface area contributed by atoms with Gasteiger partial charge >= 0.3 is 5.97 Å². The first kappa shape index (κ1) is 17.0. The van der Waals surface area contributed by atoms with Crippen LogP contribution in [-0.2, 0) is 16.0 Å². The first-order valence-corrected chi connectivity index (χ1v) is 7.17. The van der Waals surface area contributed by atoms with E-state index in [0.29, 0.717) is 6.54 Å². The van der Waals surface area contributed by atoms with Crippen LogP contribution in [0, 0.1) is 0 Å². The van der Waals surface area contributed by atoms with E-state index in [0.717, 1.165) is 17.7 Å². The van der Waals surface area contributed by atoms with Gasteiger partial charge in [-0.05, 0) is 38.0 Å². The first-order chi connectivity index (χ1) is 9.92. The first-order valence-electron chi connectivity index (χ1n) is 7.17. The fourth-order valence-corrected chi connectivity index (χ4v) is 2.01. The molecule has 1 amide bonds. The minimum atomic E-state index is -0.992. The van der Waals surface area contributed by atoms with Crippen molar-refractivity contribution >= 4 is 11.9 Å². The Labute approximate surface area is 125 Å². The standard InChI is InChI=1S/C16H23NO4/c1-4-8-17(11-16(19)20)15(18)10-13-6-5-7-14(9-13)21-12(2)3/h5-7,9,12H,4,8,10-11H2,1-3H3,(H,19,20). The molecule has 1 rings (SSSR count). The number of nitrogens with zero attached hydrogens (tertiary/aromatic N) is 1. The van der Waals surface area contributed by atoms with Crippen LogP contribution in [0.1, 0.15) is 32.8 Å². The molecule has 5 nitrogen and oxygen atoms in total. The molecule has 0 fully saturated rings. The highest BCUT2D eigenvalue weighted by molar-refractivity contribution is 5.83. The number of benzene rings is 1. The third kappa shape index (κ3) is 6.29. The Kier molecular flexibility index (Phi) is 6.72. The predicted octanol–water partition coefficient (Wildman–Crippen LogP) is 2.34. The molecule has 21 heavy (non-hydrogen) atoms. The number of carbonyl (C=O) groups excluding carboxylic acids is 1. The molecule has 0 saturated carbocycles. The van der Waals surface area contributed by atoms with E-state index in [1.807, 2.05) is 45.0 Å². The molecule has 0 bridgehead atoms. The summed E-state index contributed by atoms with van der Waals surface area (Å²) in [5.74, 6) is -0.454. The van der Waals surface area contributed by atoms with Gasteiger partial charge in [-0.25, -0.2) is 0 Å². The zero-order valence-electron chi connectivity index (χ0n) is 12.8. The largest absolute Gasteiger partial charge is 0.491 e. The minimum absolute atomic E-state index is 0.0690. The van der Waals surface area contributed by atoms with Crippen LogP contribution in [0.3, 0.4) is 0 Å². The average Bonchev–Trinajstić information content (AvgIpc) is 2.37. The van der Waals surface area contributed by atoms with Crippen molar-refractivity contribution in [3.05, 3.63) is 29.8 Å². The van der Waals surface area contributed by atoms with Crippen molar-refractivity contribution in [1.82, 2.24) is 4.90 Å². The molecular formula is C16H23NO4. The molecule has 0 spiro atoms. The summed E-state index contributed by atoms with van der Waals surface area (Å²) in [6.45, 7) is 5.99. The normalized spacial score (nSPS) is 10.5. The molecule has 0 heterocycles. The van der Waals surface area contributed by atoms with Crippen molar-refractivity contribution < 1.29 is 19.4 Å². The van der Waals surface area contributed by atoms with Gasteiger partial charge in [-0.3, -0.25) is 9.59 Å². The van der Waals surface area contributed by atoms with Crippen molar-refractivity contribution in [2.24, 2.45) is 0 Å². The second-order valence-corrected chi connectivity index (χ2v) is 5.20. The van der Waals surface area contributed by atoms with Crippen LogP contribution in [0.15, 0.2) is 24.3 Å². The number of ether oxygens (including phenoxy) is 1. The SMILES string of the molecule is CCCN(CC(=O)O)C(=O)Cc1cccc(OC(C)C)c1. The van der Waals surface area contributed by atoms with Crippen molar-refractivity contribution in [1.29, 1.82) is 0 Å². The highest BCUT2D eigenvalue weighted by atomic mass is 16.5. The second kappa shape index (κ2) is 8.29. The van der Waals surface area contributed by atoms with Gasteiger partial charge in [0, 0.05) is 6.54 Å². The molecule has 0 saturated heterocycles. The molecule has 0 aliphatic carbocycles. The average molecular weight is 293 g/mol. The molecule has 0 unspecified atom stereocenters. The van der Waals surface area contributed by atoms with Crippen LogP contribution in [0.5, 0.6) is 5.75 Å². The van der Waals surface area contributed by atoms with E-state index in [2.05, 4.69) is 0 Å². The van der Waals surface area contributed by atoms with Crippen LogP contribution in [-0.4, -0.2) is 41.1 Å². The molecular weight excluding hydrogens is 270 g/mol. The lowest BCUT2D eigenvalue weighted by Crippen LogP contribution is -2.37. The summed E-state index contributed by atoms with van der Waals surface area (Å²) in [4.78, 5) is 24.4. The van der Waals surface area contributed by atoms with Crippen LogP contribution in [0.25, 0.3) is 0 Å². The molecule has 116 valence electrons. The predicted molar refractivity (Wildman–Crippen MR) is 80.4 cm³/mol. The van der Waals surface area contributed by atoms with Crippen LogP contribution in [0.4, 0.5) is 0 Å².